The van der Waals surface area contributed by atoms with Crippen LogP contribution in [0.1, 0.15) is 49.3 Å². The summed E-state index contributed by atoms with van der Waals surface area (Å²) in [7, 11) is 4.26. The number of fused-ring (bicyclic) bond motifs is 1. The second kappa shape index (κ2) is 8.41. The Labute approximate surface area is 178 Å². The number of pyridine rings is 2. The van der Waals surface area contributed by atoms with Gasteiger partial charge in [-0.15, -0.1) is 5.10 Å². The van der Waals surface area contributed by atoms with Crippen LogP contribution in [0.3, 0.4) is 0 Å². The van der Waals surface area contributed by atoms with Gasteiger partial charge in [-0.1, -0.05) is 19.4 Å². The molecule has 1 atom stereocenters. The Hall–Kier alpha value is -2.98. The number of anilines is 1. The van der Waals surface area contributed by atoms with Gasteiger partial charge in [-0.3, -0.25) is 9.88 Å². The topological polar surface area (TPSA) is 73.3 Å². The molecule has 1 unspecified atom stereocenters. The molecule has 30 heavy (non-hydrogen) atoms. The molecule has 7 nitrogen and oxygen atoms in total. The average molecular weight is 404 g/mol. The Bertz CT molecular complexity index is 1080. The van der Waals surface area contributed by atoms with E-state index in [4.69, 9.17) is 10.1 Å². The van der Waals surface area contributed by atoms with E-state index in [9.17, 15) is 5.26 Å². The van der Waals surface area contributed by atoms with E-state index in [1.807, 2.05) is 22.7 Å². The maximum absolute atomic E-state index is 9.97. The number of aromatic nitrogens is 4. The molecule has 0 amide bonds. The molecule has 4 rings (SSSR count). The lowest BCUT2D eigenvalue weighted by atomic mass is 9.99. The minimum absolute atomic E-state index is 0.309. The highest BCUT2D eigenvalue weighted by Gasteiger charge is 2.32. The van der Waals surface area contributed by atoms with E-state index in [2.05, 4.69) is 48.8 Å². The number of hydrogen-bond acceptors (Lipinski definition) is 6. The van der Waals surface area contributed by atoms with Gasteiger partial charge in [0.1, 0.15) is 23.1 Å². The predicted octanol–water partition coefficient (Wildman–Crippen LogP) is 3.80. The van der Waals surface area contributed by atoms with Crippen molar-refractivity contribution in [1.82, 2.24) is 24.5 Å². The van der Waals surface area contributed by atoms with Gasteiger partial charge in [-0.25, -0.2) is 4.98 Å². The van der Waals surface area contributed by atoms with Crippen molar-refractivity contribution in [2.75, 3.05) is 25.5 Å². The molecule has 3 aromatic heterocycles. The van der Waals surface area contributed by atoms with Gasteiger partial charge in [0.25, 0.3) is 0 Å². The van der Waals surface area contributed by atoms with E-state index in [0.717, 1.165) is 55.7 Å². The third kappa shape index (κ3) is 3.41. The van der Waals surface area contributed by atoms with Crippen LogP contribution < -0.4 is 4.90 Å². The summed E-state index contributed by atoms with van der Waals surface area (Å²) in [5.74, 6) is 1.64. The molecule has 7 heteroatoms. The molecule has 0 aliphatic carbocycles. The summed E-state index contributed by atoms with van der Waals surface area (Å²) < 4.78 is 1.91. The summed E-state index contributed by atoms with van der Waals surface area (Å²) in [5, 5.41) is 14.8. The van der Waals surface area contributed by atoms with Crippen LogP contribution in [0.5, 0.6) is 0 Å². The van der Waals surface area contributed by atoms with Crippen LogP contribution in [-0.4, -0.2) is 51.3 Å². The first kappa shape index (κ1) is 20.3. The molecule has 156 valence electrons. The number of rotatable bonds is 6. The van der Waals surface area contributed by atoms with Gasteiger partial charge in [0.15, 0.2) is 5.65 Å². The number of nitriles is 1. The Balaban J connectivity index is 2.01. The molecule has 1 fully saturated rings. The summed E-state index contributed by atoms with van der Waals surface area (Å²) in [6, 6.07) is 8.12. The maximum atomic E-state index is 9.97. The summed E-state index contributed by atoms with van der Waals surface area (Å²) in [5.41, 5.74) is 4.19. The fourth-order valence-corrected chi connectivity index (χ4v) is 4.45. The van der Waals surface area contributed by atoms with Crippen molar-refractivity contribution < 1.29 is 0 Å². The Kier molecular flexibility index (Phi) is 5.69. The molecule has 1 aliphatic heterocycles. The summed E-state index contributed by atoms with van der Waals surface area (Å²) in [6.07, 6.45) is 7.41. The first-order valence-electron chi connectivity index (χ1n) is 10.7. The molecule has 0 bridgehead atoms. The Morgan fingerprint density at radius 3 is 2.80 bits per heavy atom. The van der Waals surface area contributed by atoms with Gasteiger partial charge in [-0.05, 0) is 70.0 Å². The quantitative estimate of drug-likeness (QED) is 0.623. The van der Waals surface area contributed by atoms with Crippen molar-refractivity contribution in [2.24, 2.45) is 0 Å². The van der Waals surface area contributed by atoms with E-state index >= 15 is 0 Å². The van der Waals surface area contributed by atoms with Crippen LogP contribution >= 0.6 is 0 Å². The smallest absolute Gasteiger partial charge is 0.200 e. The number of nitrogens with zero attached hydrogens (tertiary/aromatic N) is 7. The zero-order chi connectivity index (χ0) is 21.3. The molecule has 0 spiro atoms. The van der Waals surface area contributed by atoms with Gasteiger partial charge in [0.2, 0.25) is 5.82 Å². The molecule has 0 radical (unpaired) electrons. The van der Waals surface area contributed by atoms with Gasteiger partial charge in [0.05, 0.1) is 6.17 Å². The highest BCUT2D eigenvalue weighted by molar-refractivity contribution is 5.71. The van der Waals surface area contributed by atoms with Crippen LogP contribution in [0.4, 0.5) is 5.82 Å². The van der Waals surface area contributed by atoms with Crippen LogP contribution in [0.25, 0.3) is 17.2 Å². The van der Waals surface area contributed by atoms with E-state index in [0.29, 0.717) is 23.2 Å². The Morgan fingerprint density at radius 2 is 2.13 bits per heavy atom. The predicted molar refractivity (Wildman–Crippen MR) is 118 cm³/mol. The second-order valence-electron chi connectivity index (χ2n) is 8.18. The van der Waals surface area contributed by atoms with Crippen molar-refractivity contribution in [3.05, 3.63) is 41.1 Å². The van der Waals surface area contributed by atoms with Crippen LogP contribution in [0.15, 0.2) is 24.4 Å². The monoisotopic (exact) mass is 403 g/mol. The highest BCUT2D eigenvalue weighted by Crippen LogP contribution is 2.35. The molecule has 0 aromatic carbocycles. The van der Waals surface area contributed by atoms with Crippen LogP contribution in [0, 0.1) is 18.3 Å². The molecular formula is C23H29N7. The first-order valence-corrected chi connectivity index (χ1v) is 10.7. The molecule has 1 aliphatic rings. The van der Waals surface area contributed by atoms with Gasteiger partial charge in [0, 0.05) is 12.7 Å². The third-order valence-corrected chi connectivity index (χ3v) is 6.00. The minimum atomic E-state index is 0.309. The van der Waals surface area contributed by atoms with Crippen molar-refractivity contribution in [3.8, 4) is 17.6 Å². The standard InChI is InChI=1S/C23H29N7/c1-5-6-10-17-16(2)18(15-24)22-26-21(19-11-7-8-13-25-19)27-30(22)23(17)29-14-9-12-20(29)28(3)4/h7-8,11,13,20H,5-6,9-10,12,14H2,1-4H3. The lowest BCUT2D eigenvalue weighted by Gasteiger charge is -2.33. The lowest BCUT2D eigenvalue weighted by molar-refractivity contribution is 0.299. The largest absolute Gasteiger partial charge is 0.341 e. The second-order valence-corrected chi connectivity index (χ2v) is 8.18. The van der Waals surface area contributed by atoms with Crippen LogP contribution in [0.2, 0.25) is 0 Å². The number of hydrogen-bond donors (Lipinski definition) is 0. The van der Waals surface area contributed by atoms with E-state index in [1.165, 1.54) is 5.56 Å². The zero-order valence-corrected chi connectivity index (χ0v) is 18.3. The molecule has 1 saturated heterocycles. The highest BCUT2D eigenvalue weighted by atomic mass is 15.4. The minimum Gasteiger partial charge on any atom is -0.341 e. The first-order chi connectivity index (χ1) is 14.6. The third-order valence-electron chi connectivity index (χ3n) is 6.00. The fraction of sp³-hybridized carbons (Fsp3) is 0.478. The zero-order valence-electron chi connectivity index (χ0n) is 18.3. The maximum Gasteiger partial charge on any atom is 0.200 e. The van der Waals surface area contributed by atoms with E-state index < -0.39 is 0 Å². The lowest BCUT2D eigenvalue weighted by Crippen LogP contribution is -2.42. The summed E-state index contributed by atoms with van der Waals surface area (Å²) in [4.78, 5) is 13.9. The molecule has 0 saturated carbocycles. The average Bonchev–Trinajstić information content (AvgIpc) is 3.40. The number of unbranched alkanes of at least 4 members (excludes halogenated alkanes) is 1. The van der Waals surface area contributed by atoms with E-state index in [1.54, 1.807) is 6.20 Å². The van der Waals surface area contributed by atoms with Crippen molar-refractivity contribution in [3.63, 3.8) is 0 Å². The summed E-state index contributed by atoms with van der Waals surface area (Å²) >= 11 is 0. The molecule has 3 aromatic rings. The van der Waals surface area contributed by atoms with Gasteiger partial charge < -0.3 is 4.90 Å². The molecule has 0 N–H and O–H groups in total. The van der Waals surface area contributed by atoms with Crippen molar-refractivity contribution in [1.29, 1.82) is 5.26 Å². The van der Waals surface area contributed by atoms with Gasteiger partial charge in [-0.2, -0.15) is 9.78 Å². The van der Waals surface area contributed by atoms with E-state index in [-0.39, 0.29) is 0 Å². The summed E-state index contributed by atoms with van der Waals surface area (Å²) in [6.45, 7) is 5.23. The fourth-order valence-electron chi connectivity index (χ4n) is 4.45. The molecule has 4 heterocycles. The van der Waals surface area contributed by atoms with Crippen molar-refractivity contribution >= 4 is 11.5 Å². The van der Waals surface area contributed by atoms with Crippen LogP contribution in [-0.2, 0) is 6.42 Å². The SMILES string of the molecule is CCCCc1c(C)c(C#N)c2nc(-c3ccccn3)nn2c1N1CCCC1N(C)C. The van der Waals surface area contributed by atoms with Crippen molar-refractivity contribution in [2.45, 2.75) is 52.1 Å². The van der Waals surface area contributed by atoms with Gasteiger partial charge >= 0.3 is 0 Å². The Morgan fingerprint density at radius 1 is 1.30 bits per heavy atom. The normalized spacial score (nSPS) is 16.5. The molecular weight excluding hydrogens is 374 g/mol.